The van der Waals surface area contributed by atoms with E-state index in [4.69, 9.17) is 4.74 Å². The van der Waals surface area contributed by atoms with Crippen molar-refractivity contribution in [3.8, 4) is 0 Å². The van der Waals surface area contributed by atoms with Crippen LogP contribution in [0, 0.1) is 5.82 Å². The van der Waals surface area contributed by atoms with Crippen LogP contribution in [0.1, 0.15) is 10.6 Å². The lowest BCUT2D eigenvalue weighted by Crippen LogP contribution is -2.53. The third kappa shape index (κ3) is 5.89. The normalized spacial score (nSPS) is 20.5. The average Bonchev–Trinajstić information content (AvgIpc) is 3.58. The summed E-state index contributed by atoms with van der Waals surface area (Å²) in [4.78, 5) is 32.9. The van der Waals surface area contributed by atoms with Crippen molar-refractivity contribution in [2.75, 3.05) is 62.7 Å². The molecule has 3 aromatic rings. The van der Waals surface area contributed by atoms with Crippen LogP contribution in [0.5, 0.6) is 0 Å². The second kappa shape index (κ2) is 12.0. The maximum Gasteiger partial charge on any atom is 0.406 e. The third-order valence-electron chi connectivity index (χ3n) is 6.84. The first-order valence-electron chi connectivity index (χ1n) is 12.7. The Morgan fingerprint density at radius 1 is 1.23 bits per heavy atom. The molecule has 5 rings (SSSR count). The lowest BCUT2D eigenvalue weighted by Gasteiger charge is -2.38. The lowest BCUT2D eigenvalue weighted by molar-refractivity contribution is -0.0869. The van der Waals surface area contributed by atoms with E-state index in [0.29, 0.717) is 43.2 Å². The zero-order valence-corrected chi connectivity index (χ0v) is 21.7. The van der Waals surface area contributed by atoms with E-state index in [1.54, 1.807) is 23.2 Å². The summed E-state index contributed by atoms with van der Waals surface area (Å²) in [6.07, 6.45) is 1.27. The molecule has 4 heterocycles. The van der Waals surface area contributed by atoms with Gasteiger partial charge in [0.2, 0.25) is 12.2 Å². The summed E-state index contributed by atoms with van der Waals surface area (Å²) in [5, 5.41) is 33.8. The zero-order chi connectivity index (χ0) is 28.2. The number of aliphatic hydroxyl groups is 2. The molecular weight excluding hydrogens is 529 g/mol. The van der Waals surface area contributed by atoms with Crippen LogP contribution in [0.2, 0.25) is 0 Å². The molecule has 40 heavy (non-hydrogen) atoms. The summed E-state index contributed by atoms with van der Waals surface area (Å²) in [6, 6.07) is 4.67. The molecule has 214 valence electrons. The highest BCUT2D eigenvalue weighted by atomic mass is 19.1. The van der Waals surface area contributed by atoms with Crippen molar-refractivity contribution >= 4 is 29.0 Å². The van der Waals surface area contributed by atoms with Crippen LogP contribution >= 0.6 is 0 Å². The zero-order valence-electron chi connectivity index (χ0n) is 21.7. The maximum atomic E-state index is 15.1. The number of hydrogen-bond donors (Lipinski definition) is 4. The van der Waals surface area contributed by atoms with Crippen LogP contribution in [0.3, 0.4) is 0 Å². The van der Waals surface area contributed by atoms with E-state index in [1.807, 2.05) is 4.90 Å². The first-order chi connectivity index (χ1) is 19.3. The Hall–Kier alpha value is -4.12. The number of nitrogens with zero attached hydrogens (tertiary/aromatic N) is 7. The fourth-order valence-electron chi connectivity index (χ4n) is 4.71. The molecule has 2 aliphatic rings. The molecule has 2 aromatic heterocycles. The minimum Gasteiger partial charge on any atom is -0.453 e. The van der Waals surface area contributed by atoms with Gasteiger partial charge in [-0.1, -0.05) is 0 Å². The van der Waals surface area contributed by atoms with Crippen LogP contribution in [-0.2, 0) is 9.47 Å². The van der Waals surface area contributed by atoms with Crippen LogP contribution in [0.25, 0.3) is 5.65 Å². The number of hydrogen-bond acceptors (Lipinski definition) is 12. The third-order valence-corrected chi connectivity index (χ3v) is 6.84. The van der Waals surface area contributed by atoms with Gasteiger partial charge in [0.15, 0.2) is 5.65 Å². The number of ether oxygens (including phenoxy) is 2. The Balaban J connectivity index is 1.11. The smallest absolute Gasteiger partial charge is 0.406 e. The molecule has 0 radical (unpaired) electrons. The Morgan fingerprint density at radius 3 is 2.77 bits per heavy atom. The molecule has 2 unspecified atom stereocenters. The standard InChI is InChI=1S/C24H30FN9O6/c1-39-23(37)28-11-16-14-34(24(38)40-16)15-2-3-18(17(25)10-15)31-6-8-32(9-7-31)20(35)13-27-22(36)21-30-29-19-12-26-4-5-33(19)21/h2-5,10,12,16,20,24,35,38H,6-9,11,13-14H2,1H3,(H,27,36)(H,28,37)/t16-,20?,24?/m0/s1. The quantitative estimate of drug-likeness (QED) is 0.265. The fraction of sp³-hybridized carbons (Fsp3) is 0.458. The van der Waals surface area contributed by atoms with Gasteiger partial charge in [-0.15, -0.1) is 10.2 Å². The van der Waals surface area contributed by atoms with E-state index in [1.165, 1.54) is 34.9 Å². The SMILES string of the molecule is COC(=O)NC[C@H]1CN(c2ccc(N3CCN(C(O)CNC(=O)c4nnc5cnccn45)CC3)c(F)c2)C(O)O1. The Kier molecular flexibility index (Phi) is 8.20. The van der Waals surface area contributed by atoms with Crippen LogP contribution in [0.4, 0.5) is 20.6 Å². The van der Waals surface area contributed by atoms with Gasteiger partial charge in [0.1, 0.15) is 12.0 Å². The first-order valence-corrected chi connectivity index (χ1v) is 12.7. The van der Waals surface area contributed by atoms with Gasteiger partial charge in [-0.2, -0.15) is 0 Å². The summed E-state index contributed by atoms with van der Waals surface area (Å²) in [7, 11) is 1.25. The van der Waals surface area contributed by atoms with E-state index in [-0.39, 0.29) is 25.5 Å². The highest BCUT2D eigenvalue weighted by molar-refractivity contribution is 5.91. The van der Waals surface area contributed by atoms with Crippen molar-refractivity contribution in [2.45, 2.75) is 18.7 Å². The fourth-order valence-corrected chi connectivity index (χ4v) is 4.71. The van der Waals surface area contributed by atoms with Crippen molar-refractivity contribution < 1.29 is 33.7 Å². The molecular formula is C24H30FN9O6. The number of anilines is 2. The summed E-state index contributed by atoms with van der Waals surface area (Å²) < 4.78 is 26.6. The van der Waals surface area contributed by atoms with Crippen molar-refractivity contribution in [3.05, 3.63) is 48.4 Å². The second-order valence-electron chi connectivity index (χ2n) is 9.29. The van der Waals surface area contributed by atoms with Crippen molar-refractivity contribution in [3.63, 3.8) is 0 Å². The van der Waals surface area contributed by atoms with E-state index in [2.05, 4.69) is 30.6 Å². The molecule has 2 fully saturated rings. The largest absolute Gasteiger partial charge is 0.453 e. The van der Waals surface area contributed by atoms with E-state index >= 15 is 4.39 Å². The Bertz CT molecular complexity index is 1350. The number of nitrogens with one attached hydrogen (secondary N) is 2. The van der Waals surface area contributed by atoms with E-state index in [0.717, 1.165) is 0 Å². The van der Waals surface area contributed by atoms with Gasteiger partial charge < -0.3 is 40.1 Å². The minimum atomic E-state index is -1.28. The van der Waals surface area contributed by atoms with Gasteiger partial charge >= 0.3 is 6.09 Å². The molecule has 0 bridgehead atoms. The first kappa shape index (κ1) is 27.4. The molecule has 4 N–H and O–H groups in total. The molecule has 16 heteroatoms. The van der Waals surface area contributed by atoms with Crippen LogP contribution in [-0.4, -0.2) is 118 Å². The number of rotatable bonds is 8. The van der Waals surface area contributed by atoms with Gasteiger partial charge in [0.05, 0.1) is 38.2 Å². The number of amides is 2. The topological polar surface area (TPSA) is 170 Å². The number of halogens is 1. The number of piperazine rings is 1. The van der Waals surface area contributed by atoms with Gasteiger partial charge in [-0.3, -0.25) is 19.1 Å². The molecule has 2 amide bonds. The predicted octanol–water partition coefficient (Wildman–Crippen LogP) is -1.03. The number of fused-ring (bicyclic) bond motifs is 1. The molecule has 0 spiro atoms. The maximum absolute atomic E-state index is 15.1. The number of methoxy groups -OCH3 is 1. The molecule has 3 atom stereocenters. The van der Waals surface area contributed by atoms with Crippen molar-refractivity contribution in [1.29, 1.82) is 0 Å². The van der Waals surface area contributed by atoms with Crippen molar-refractivity contribution in [1.82, 2.24) is 35.1 Å². The van der Waals surface area contributed by atoms with Gasteiger partial charge in [0.25, 0.3) is 5.91 Å². The molecule has 0 aliphatic carbocycles. The minimum absolute atomic E-state index is 0.0156. The molecule has 2 saturated heterocycles. The predicted molar refractivity (Wildman–Crippen MR) is 138 cm³/mol. The van der Waals surface area contributed by atoms with Gasteiger partial charge in [0, 0.05) is 50.8 Å². The molecule has 2 aliphatic heterocycles. The molecule has 0 saturated carbocycles. The molecule has 1 aromatic carbocycles. The number of carbonyl (C=O) groups is 2. The van der Waals surface area contributed by atoms with Crippen LogP contribution < -0.4 is 20.4 Å². The number of alkyl carbamates (subject to hydrolysis) is 1. The average molecular weight is 560 g/mol. The van der Waals surface area contributed by atoms with Crippen molar-refractivity contribution in [2.24, 2.45) is 0 Å². The summed E-state index contributed by atoms with van der Waals surface area (Å²) in [5.74, 6) is -0.842. The number of carbonyl (C=O) groups excluding carboxylic acids is 2. The van der Waals surface area contributed by atoms with E-state index in [9.17, 15) is 19.8 Å². The van der Waals surface area contributed by atoms with E-state index < -0.39 is 36.6 Å². The summed E-state index contributed by atoms with van der Waals surface area (Å²) in [6.45, 7) is 2.19. The number of benzene rings is 1. The lowest BCUT2D eigenvalue weighted by atomic mass is 10.2. The van der Waals surface area contributed by atoms with Gasteiger partial charge in [-0.25, -0.2) is 9.18 Å². The van der Waals surface area contributed by atoms with Crippen LogP contribution in [0.15, 0.2) is 36.8 Å². The number of aromatic nitrogens is 4. The van der Waals surface area contributed by atoms with Gasteiger partial charge in [-0.05, 0) is 18.2 Å². The highest BCUT2D eigenvalue weighted by Gasteiger charge is 2.33. The monoisotopic (exact) mass is 559 g/mol. The molecule has 15 nitrogen and oxygen atoms in total. The number of aliphatic hydroxyl groups excluding tert-OH is 2. The second-order valence-corrected chi connectivity index (χ2v) is 9.29. The summed E-state index contributed by atoms with van der Waals surface area (Å²) >= 11 is 0. The Morgan fingerprint density at radius 2 is 2.02 bits per heavy atom. The summed E-state index contributed by atoms with van der Waals surface area (Å²) in [5.41, 5.74) is 1.28. The Labute approximate surface area is 228 Å². The highest BCUT2D eigenvalue weighted by Crippen LogP contribution is 2.29.